The number of likely N-dealkylation sites (tertiary alicyclic amines) is 1. The van der Waals surface area contributed by atoms with Gasteiger partial charge in [-0.05, 0) is 36.0 Å². The highest BCUT2D eigenvalue weighted by atomic mass is 16.2. The summed E-state index contributed by atoms with van der Waals surface area (Å²) in [7, 11) is 1.82. The first kappa shape index (κ1) is 19.1. The monoisotopic (exact) mass is 390 g/mol. The van der Waals surface area contributed by atoms with Crippen LogP contribution in [0.25, 0.3) is 10.9 Å². The van der Waals surface area contributed by atoms with E-state index in [9.17, 15) is 10.1 Å². The molecule has 4 rings (SSSR count). The number of benzene rings is 1. The van der Waals surface area contributed by atoms with Gasteiger partial charge in [0, 0.05) is 39.3 Å². The maximum Gasteiger partial charge on any atom is 0.238 e. The van der Waals surface area contributed by atoms with Crippen LogP contribution in [-0.2, 0) is 11.8 Å². The van der Waals surface area contributed by atoms with E-state index in [0.717, 1.165) is 30.4 Å². The number of hydrogen-bond donors (Lipinski definition) is 1. The molecule has 0 aliphatic carbocycles. The van der Waals surface area contributed by atoms with Crippen LogP contribution in [0.5, 0.6) is 0 Å². The molecule has 2 atom stereocenters. The lowest BCUT2D eigenvalue weighted by atomic mass is 9.83. The van der Waals surface area contributed by atoms with Crippen molar-refractivity contribution in [3.63, 3.8) is 0 Å². The lowest BCUT2D eigenvalue weighted by molar-refractivity contribution is -0.117. The topological polar surface area (TPSA) is 86.8 Å². The van der Waals surface area contributed by atoms with E-state index in [0.29, 0.717) is 29.6 Å². The summed E-state index contributed by atoms with van der Waals surface area (Å²) in [5.74, 6) is 0.740. The number of nitrogens with zero attached hydrogens (tertiary/aromatic N) is 5. The maximum absolute atomic E-state index is 12.5. The summed E-state index contributed by atoms with van der Waals surface area (Å²) >= 11 is 0. The van der Waals surface area contributed by atoms with Crippen LogP contribution < -0.4 is 5.32 Å². The first-order valence-electron chi connectivity index (χ1n) is 9.82. The SMILES string of the molecule is C[C@@H]1C[C@@H](c2ccc(C#N)c3ncccc23)CN(CC(=O)Nc2cnn(C)c2)C1.[HH]. The van der Waals surface area contributed by atoms with Crippen molar-refractivity contribution in [1.29, 1.82) is 5.26 Å². The molecule has 1 amide bonds. The third-order valence-corrected chi connectivity index (χ3v) is 5.45. The van der Waals surface area contributed by atoms with E-state index in [4.69, 9.17) is 0 Å². The second-order valence-corrected chi connectivity index (χ2v) is 7.90. The molecule has 2 aromatic heterocycles. The molecule has 0 radical (unpaired) electrons. The van der Waals surface area contributed by atoms with Gasteiger partial charge in [-0.1, -0.05) is 19.1 Å². The molecule has 0 unspecified atom stereocenters. The van der Waals surface area contributed by atoms with Gasteiger partial charge >= 0.3 is 0 Å². The standard InChI is InChI=1S/C22H24N6O.H2/c1-15-8-17(19-6-5-16(9-23)22-20(19)4-3-7-24-22)12-28(11-15)14-21(29)26-18-10-25-27(2)13-18;/h3-7,10,13,15,17H,8,11-12,14H2,1-2H3,(H,26,29);1H/t15-,17-;/m1./s1. The summed E-state index contributed by atoms with van der Waals surface area (Å²) < 4.78 is 1.67. The highest BCUT2D eigenvalue weighted by Gasteiger charge is 2.28. The van der Waals surface area contributed by atoms with Crippen molar-refractivity contribution in [2.45, 2.75) is 19.3 Å². The fourth-order valence-corrected chi connectivity index (χ4v) is 4.35. The third kappa shape index (κ3) is 4.13. The molecule has 1 fully saturated rings. The molecule has 7 heteroatoms. The fraction of sp³-hybridized carbons (Fsp3) is 0.364. The maximum atomic E-state index is 12.5. The Morgan fingerprint density at radius 2 is 2.24 bits per heavy atom. The average Bonchev–Trinajstić information content (AvgIpc) is 3.11. The second kappa shape index (κ2) is 8.02. The largest absolute Gasteiger partial charge is 0.322 e. The van der Waals surface area contributed by atoms with Crippen molar-refractivity contribution >= 4 is 22.5 Å². The quantitative estimate of drug-likeness (QED) is 0.739. The van der Waals surface area contributed by atoms with Gasteiger partial charge in [0.25, 0.3) is 0 Å². The molecule has 29 heavy (non-hydrogen) atoms. The number of pyridine rings is 1. The molecule has 1 N–H and O–H groups in total. The molecule has 1 saturated heterocycles. The van der Waals surface area contributed by atoms with Crippen molar-refractivity contribution in [2.24, 2.45) is 13.0 Å². The highest BCUT2D eigenvalue weighted by molar-refractivity contribution is 5.92. The Morgan fingerprint density at radius 3 is 3.00 bits per heavy atom. The van der Waals surface area contributed by atoms with Crippen LogP contribution in [0.4, 0.5) is 5.69 Å². The predicted molar refractivity (Wildman–Crippen MR) is 113 cm³/mol. The van der Waals surface area contributed by atoms with Gasteiger partial charge in [-0.15, -0.1) is 0 Å². The van der Waals surface area contributed by atoms with E-state index in [1.165, 1.54) is 5.56 Å². The number of carbonyl (C=O) groups is 1. The number of aromatic nitrogens is 3. The van der Waals surface area contributed by atoms with Gasteiger partial charge < -0.3 is 5.32 Å². The van der Waals surface area contributed by atoms with Gasteiger partial charge in [0.05, 0.1) is 29.5 Å². The zero-order valence-corrected chi connectivity index (χ0v) is 16.7. The fourth-order valence-electron chi connectivity index (χ4n) is 4.35. The van der Waals surface area contributed by atoms with E-state index in [-0.39, 0.29) is 7.33 Å². The smallest absolute Gasteiger partial charge is 0.238 e. The second-order valence-electron chi connectivity index (χ2n) is 7.90. The molecule has 150 valence electrons. The van der Waals surface area contributed by atoms with Gasteiger partial charge in [0.2, 0.25) is 5.91 Å². The normalized spacial score (nSPS) is 19.8. The van der Waals surface area contributed by atoms with Crippen LogP contribution in [0, 0.1) is 17.2 Å². The molecular formula is C22H26N6O. The molecule has 0 spiro atoms. The molecule has 3 heterocycles. The average molecular weight is 390 g/mol. The van der Waals surface area contributed by atoms with Gasteiger partial charge in [-0.3, -0.25) is 19.4 Å². The Morgan fingerprint density at radius 1 is 1.38 bits per heavy atom. The zero-order chi connectivity index (χ0) is 20.4. The number of carbonyl (C=O) groups excluding carboxylic acids is 1. The van der Waals surface area contributed by atoms with E-state index in [1.807, 2.05) is 25.2 Å². The number of aryl methyl sites for hydroxylation is 1. The number of nitriles is 1. The minimum Gasteiger partial charge on any atom is -0.322 e. The molecule has 1 aromatic carbocycles. The Kier molecular flexibility index (Phi) is 5.28. The van der Waals surface area contributed by atoms with Gasteiger partial charge in [0.15, 0.2) is 0 Å². The number of anilines is 1. The summed E-state index contributed by atoms with van der Waals surface area (Å²) in [5.41, 5.74) is 3.27. The highest BCUT2D eigenvalue weighted by Crippen LogP contribution is 2.34. The number of hydrogen-bond acceptors (Lipinski definition) is 5. The van der Waals surface area contributed by atoms with Crippen LogP contribution in [0.2, 0.25) is 0 Å². The van der Waals surface area contributed by atoms with Crippen LogP contribution >= 0.6 is 0 Å². The Labute approximate surface area is 171 Å². The molecule has 3 aromatic rings. The van der Waals surface area contributed by atoms with Gasteiger partial charge in [-0.25, -0.2) is 0 Å². The summed E-state index contributed by atoms with van der Waals surface area (Å²) in [6.45, 7) is 4.27. The first-order chi connectivity index (χ1) is 14.0. The van der Waals surface area contributed by atoms with E-state index in [1.54, 1.807) is 23.3 Å². The number of rotatable bonds is 4. The van der Waals surface area contributed by atoms with E-state index < -0.39 is 0 Å². The van der Waals surface area contributed by atoms with Crippen LogP contribution in [0.3, 0.4) is 0 Å². The molecule has 1 aliphatic heterocycles. The van der Waals surface area contributed by atoms with E-state index >= 15 is 0 Å². The van der Waals surface area contributed by atoms with Crippen molar-refractivity contribution in [3.8, 4) is 6.07 Å². The third-order valence-electron chi connectivity index (χ3n) is 5.45. The van der Waals surface area contributed by atoms with Gasteiger partial charge in [0.1, 0.15) is 6.07 Å². The molecule has 0 saturated carbocycles. The molecule has 0 bridgehead atoms. The molecular weight excluding hydrogens is 364 g/mol. The van der Waals surface area contributed by atoms with Crippen LogP contribution in [0.1, 0.15) is 31.8 Å². The minimum absolute atomic E-state index is 0. The Balaban J connectivity index is 0.00000256. The van der Waals surface area contributed by atoms with Crippen molar-refractivity contribution in [2.75, 3.05) is 25.0 Å². The Bertz CT molecular complexity index is 1090. The zero-order valence-electron chi connectivity index (χ0n) is 16.7. The summed E-state index contributed by atoms with van der Waals surface area (Å²) in [6, 6.07) is 10.1. The summed E-state index contributed by atoms with van der Waals surface area (Å²) in [4.78, 5) is 19.1. The molecule has 1 aliphatic rings. The number of amides is 1. The van der Waals surface area contributed by atoms with E-state index in [2.05, 4.69) is 39.4 Å². The van der Waals surface area contributed by atoms with Gasteiger partial charge in [-0.2, -0.15) is 10.4 Å². The summed E-state index contributed by atoms with van der Waals surface area (Å²) in [5, 5.41) is 17.4. The minimum atomic E-state index is -0.0304. The first-order valence-corrected chi connectivity index (χ1v) is 9.82. The lowest BCUT2D eigenvalue weighted by Gasteiger charge is -2.36. The predicted octanol–water partition coefficient (Wildman–Crippen LogP) is 3.15. The van der Waals surface area contributed by atoms with Crippen molar-refractivity contribution < 1.29 is 6.22 Å². The Hall–Kier alpha value is -3.24. The number of nitrogens with one attached hydrogen (secondary N) is 1. The number of piperidine rings is 1. The molecule has 7 nitrogen and oxygen atoms in total. The van der Waals surface area contributed by atoms with Crippen LogP contribution in [-0.4, -0.2) is 45.2 Å². The van der Waals surface area contributed by atoms with Crippen molar-refractivity contribution in [1.82, 2.24) is 19.7 Å². The summed E-state index contributed by atoms with van der Waals surface area (Å²) in [6.07, 6.45) is 6.22. The number of fused-ring (bicyclic) bond motifs is 1. The van der Waals surface area contributed by atoms with Crippen LogP contribution in [0.15, 0.2) is 42.9 Å². The van der Waals surface area contributed by atoms with Crippen molar-refractivity contribution in [3.05, 3.63) is 54.0 Å². The lowest BCUT2D eigenvalue weighted by Crippen LogP contribution is -2.42.